The number of benzene rings is 2. The summed E-state index contributed by atoms with van der Waals surface area (Å²) >= 11 is 0. The molecule has 154 valence electrons. The first-order valence-corrected chi connectivity index (χ1v) is 10.1. The Morgan fingerprint density at radius 2 is 1.60 bits per heavy atom. The van der Waals surface area contributed by atoms with Crippen LogP contribution in [0.15, 0.2) is 53.6 Å². The summed E-state index contributed by atoms with van der Waals surface area (Å²) in [4.78, 5) is 38.9. The number of rotatable bonds is 4. The first-order chi connectivity index (χ1) is 14.5. The molecule has 2 aliphatic rings. The van der Waals surface area contributed by atoms with Gasteiger partial charge in [0.1, 0.15) is 5.75 Å². The van der Waals surface area contributed by atoms with Crippen molar-refractivity contribution in [3.8, 4) is 5.75 Å². The van der Waals surface area contributed by atoms with E-state index in [0.717, 1.165) is 31.2 Å². The van der Waals surface area contributed by atoms with Gasteiger partial charge in [0.2, 0.25) is 11.8 Å². The van der Waals surface area contributed by atoms with Gasteiger partial charge in [-0.3, -0.25) is 19.3 Å². The predicted octanol–water partition coefficient (Wildman–Crippen LogP) is 3.23. The SMILES string of the molecule is C/C(=N/NC(=O)c1ccccc1O)c1ccc(N2C(=O)[C@@H]3CCCC[C@H]3C2=O)cc1. The minimum Gasteiger partial charge on any atom is -0.507 e. The molecule has 2 aromatic carbocycles. The normalized spacial score (nSPS) is 21.5. The first kappa shape index (κ1) is 19.8. The average Bonchev–Trinajstić information content (AvgIpc) is 3.02. The first-order valence-electron chi connectivity index (χ1n) is 10.1. The number of nitrogens with one attached hydrogen (secondary N) is 1. The second kappa shape index (κ2) is 8.10. The Hall–Kier alpha value is -3.48. The second-order valence-electron chi connectivity index (χ2n) is 7.71. The summed E-state index contributed by atoms with van der Waals surface area (Å²) in [5.74, 6) is -1.19. The number of hydrogen-bond acceptors (Lipinski definition) is 5. The van der Waals surface area contributed by atoms with E-state index in [1.54, 1.807) is 43.3 Å². The molecule has 7 heteroatoms. The lowest BCUT2D eigenvalue weighted by Gasteiger charge is -2.19. The second-order valence-corrected chi connectivity index (χ2v) is 7.71. The Bertz CT molecular complexity index is 1000. The van der Waals surface area contributed by atoms with Crippen LogP contribution in [0, 0.1) is 11.8 Å². The summed E-state index contributed by atoms with van der Waals surface area (Å²) < 4.78 is 0. The van der Waals surface area contributed by atoms with Gasteiger partial charge >= 0.3 is 0 Å². The molecule has 0 spiro atoms. The third-order valence-corrected chi connectivity index (χ3v) is 5.86. The van der Waals surface area contributed by atoms with E-state index in [1.165, 1.54) is 17.0 Å². The molecule has 2 atom stereocenters. The van der Waals surface area contributed by atoms with Crippen LogP contribution in [0.25, 0.3) is 0 Å². The van der Waals surface area contributed by atoms with Gasteiger partial charge in [-0.1, -0.05) is 37.1 Å². The number of para-hydroxylation sites is 1. The molecule has 1 saturated carbocycles. The van der Waals surface area contributed by atoms with E-state index in [0.29, 0.717) is 11.4 Å². The summed E-state index contributed by atoms with van der Waals surface area (Å²) in [6.07, 6.45) is 3.56. The fraction of sp³-hybridized carbons (Fsp3) is 0.304. The van der Waals surface area contributed by atoms with Crippen molar-refractivity contribution in [2.75, 3.05) is 4.90 Å². The number of hydrogen-bond donors (Lipinski definition) is 2. The van der Waals surface area contributed by atoms with Gasteiger partial charge in [0.25, 0.3) is 5.91 Å². The van der Waals surface area contributed by atoms with Crippen LogP contribution >= 0.6 is 0 Å². The fourth-order valence-electron chi connectivity index (χ4n) is 4.19. The van der Waals surface area contributed by atoms with Crippen molar-refractivity contribution in [3.05, 3.63) is 59.7 Å². The van der Waals surface area contributed by atoms with Crippen molar-refractivity contribution in [2.24, 2.45) is 16.9 Å². The smallest absolute Gasteiger partial charge is 0.275 e. The molecule has 1 aliphatic carbocycles. The highest BCUT2D eigenvalue weighted by atomic mass is 16.3. The minimum atomic E-state index is -0.514. The Morgan fingerprint density at radius 3 is 2.20 bits per heavy atom. The van der Waals surface area contributed by atoms with Crippen molar-refractivity contribution in [1.29, 1.82) is 0 Å². The summed E-state index contributed by atoms with van der Waals surface area (Å²) in [6, 6.07) is 13.2. The number of carbonyl (C=O) groups is 3. The lowest BCUT2D eigenvalue weighted by Crippen LogP contribution is -2.30. The average molecular weight is 405 g/mol. The third kappa shape index (κ3) is 3.58. The quantitative estimate of drug-likeness (QED) is 0.463. The van der Waals surface area contributed by atoms with Crippen molar-refractivity contribution in [3.63, 3.8) is 0 Å². The van der Waals surface area contributed by atoms with E-state index in [9.17, 15) is 19.5 Å². The van der Waals surface area contributed by atoms with Gasteiger partial charge in [-0.25, -0.2) is 5.43 Å². The topological polar surface area (TPSA) is 99.1 Å². The lowest BCUT2D eigenvalue weighted by molar-refractivity contribution is -0.122. The van der Waals surface area contributed by atoms with Crippen LogP contribution in [0.4, 0.5) is 5.69 Å². The molecule has 4 rings (SSSR count). The van der Waals surface area contributed by atoms with E-state index >= 15 is 0 Å². The Morgan fingerprint density at radius 1 is 1.00 bits per heavy atom. The standard InChI is InChI=1S/C23H23N3O4/c1-14(24-25-21(28)19-8-4-5-9-20(19)27)15-10-12-16(13-11-15)26-22(29)17-6-2-3-7-18(17)23(26)30/h4-5,8-13,17-18,27H,2-3,6-7H2,1H3,(H,25,28)/b24-14-/t17-,18-/m1/s1. The zero-order chi connectivity index (χ0) is 21.3. The predicted molar refractivity (Wildman–Crippen MR) is 112 cm³/mol. The number of phenolic OH excluding ortho intramolecular Hbond substituents is 1. The van der Waals surface area contributed by atoms with Crippen LogP contribution in [-0.4, -0.2) is 28.5 Å². The molecule has 30 heavy (non-hydrogen) atoms. The van der Waals surface area contributed by atoms with Gasteiger partial charge in [0.05, 0.1) is 28.8 Å². The van der Waals surface area contributed by atoms with E-state index in [2.05, 4.69) is 10.5 Å². The van der Waals surface area contributed by atoms with Crippen LogP contribution in [0.2, 0.25) is 0 Å². The molecule has 2 fully saturated rings. The molecule has 7 nitrogen and oxygen atoms in total. The zero-order valence-electron chi connectivity index (χ0n) is 16.7. The molecular weight excluding hydrogens is 382 g/mol. The summed E-state index contributed by atoms with van der Waals surface area (Å²) in [6.45, 7) is 1.74. The number of aromatic hydroxyl groups is 1. The highest BCUT2D eigenvalue weighted by Gasteiger charge is 2.48. The maximum Gasteiger partial charge on any atom is 0.275 e. The molecule has 1 heterocycles. The number of carbonyl (C=O) groups excluding carboxylic acids is 3. The maximum absolute atomic E-state index is 12.7. The number of phenols is 1. The molecule has 0 unspecified atom stereocenters. The lowest BCUT2D eigenvalue weighted by atomic mass is 9.81. The summed E-state index contributed by atoms with van der Waals surface area (Å²) in [5.41, 5.74) is 4.42. The molecule has 1 saturated heterocycles. The third-order valence-electron chi connectivity index (χ3n) is 5.86. The molecular formula is C23H23N3O4. The molecule has 1 aliphatic heterocycles. The van der Waals surface area contributed by atoms with Gasteiger partial charge in [0.15, 0.2) is 0 Å². The van der Waals surface area contributed by atoms with Crippen LogP contribution in [0.1, 0.15) is 48.5 Å². The van der Waals surface area contributed by atoms with Crippen LogP contribution in [0.5, 0.6) is 5.75 Å². The van der Waals surface area contributed by atoms with Crippen molar-refractivity contribution >= 4 is 29.1 Å². The molecule has 2 aromatic rings. The summed E-state index contributed by atoms with van der Waals surface area (Å²) in [7, 11) is 0. The van der Waals surface area contributed by atoms with E-state index < -0.39 is 5.91 Å². The fourth-order valence-corrected chi connectivity index (χ4v) is 4.19. The number of anilines is 1. The summed E-state index contributed by atoms with van der Waals surface area (Å²) in [5, 5.41) is 13.8. The Labute approximate surface area is 174 Å². The highest BCUT2D eigenvalue weighted by molar-refractivity contribution is 6.22. The van der Waals surface area contributed by atoms with Gasteiger partial charge in [-0.05, 0) is 49.6 Å². The van der Waals surface area contributed by atoms with Crippen LogP contribution in [0.3, 0.4) is 0 Å². The van der Waals surface area contributed by atoms with E-state index in [-0.39, 0.29) is 35.0 Å². The van der Waals surface area contributed by atoms with Gasteiger partial charge in [-0.2, -0.15) is 5.10 Å². The van der Waals surface area contributed by atoms with E-state index in [4.69, 9.17) is 0 Å². The van der Waals surface area contributed by atoms with Gasteiger partial charge in [0, 0.05) is 0 Å². The molecule has 0 bridgehead atoms. The maximum atomic E-state index is 12.7. The minimum absolute atomic E-state index is 0.0993. The molecule has 2 N–H and O–H groups in total. The number of imide groups is 1. The van der Waals surface area contributed by atoms with E-state index in [1.807, 2.05) is 0 Å². The van der Waals surface area contributed by atoms with Crippen LogP contribution in [-0.2, 0) is 9.59 Å². The Kier molecular flexibility index (Phi) is 5.35. The number of nitrogens with zero attached hydrogens (tertiary/aromatic N) is 2. The van der Waals surface area contributed by atoms with Crippen molar-refractivity contribution < 1.29 is 19.5 Å². The van der Waals surface area contributed by atoms with Crippen LogP contribution < -0.4 is 10.3 Å². The highest BCUT2D eigenvalue weighted by Crippen LogP contribution is 2.40. The molecule has 0 radical (unpaired) electrons. The van der Waals surface area contributed by atoms with Gasteiger partial charge < -0.3 is 5.11 Å². The van der Waals surface area contributed by atoms with Gasteiger partial charge in [-0.15, -0.1) is 0 Å². The zero-order valence-corrected chi connectivity index (χ0v) is 16.7. The van der Waals surface area contributed by atoms with Crippen molar-refractivity contribution in [1.82, 2.24) is 5.43 Å². The number of fused-ring (bicyclic) bond motifs is 1. The monoisotopic (exact) mass is 405 g/mol. The molecule has 3 amide bonds. The number of amides is 3. The number of hydrazone groups is 1. The molecule has 0 aromatic heterocycles. The Balaban J connectivity index is 1.47. The largest absolute Gasteiger partial charge is 0.507 e. The van der Waals surface area contributed by atoms with Crippen molar-refractivity contribution in [2.45, 2.75) is 32.6 Å².